The fourth-order valence-corrected chi connectivity index (χ4v) is 4.72. The van der Waals surface area contributed by atoms with Crippen LogP contribution in [0.25, 0.3) is 5.82 Å². The molecule has 0 aliphatic carbocycles. The van der Waals surface area contributed by atoms with Gasteiger partial charge >= 0.3 is 0 Å². The summed E-state index contributed by atoms with van der Waals surface area (Å²) >= 11 is 3.49. The number of anilines is 1. The molecule has 1 aliphatic heterocycles. The van der Waals surface area contributed by atoms with Crippen LogP contribution < -0.4 is 20.6 Å². The van der Waals surface area contributed by atoms with Gasteiger partial charge in [0.2, 0.25) is 11.6 Å². The molecule has 0 radical (unpaired) electrons. The maximum absolute atomic E-state index is 14.1. The molecule has 0 spiro atoms. The maximum Gasteiger partial charge on any atom is 0.293 e. The van der Waals surface area contributed by atoms with E-state index in [4.69, 9.17) is 24.6 Å². The average molecular weight is 644 g/mol. The Balaban J connectivity index is 1.33. The van der Waals surface area contributed by atoms with E-state index in [9.17, 15) is 9.18 Å². The molecular weight excluding hydrogens is 617 g/mol. The molecule has 42 heavy (non-hydrogen) atoms. The number of nitrogens with one attached hydrogen (secondary N) is 1. The number of nitrogen functional groups attached to an aromatic ring is 1. The number of ether oxygens (including phenoxy) is 3. The van der Waals surface area contributed by atoms with E-state index in [0.29, 0.717) is 72.2 Å². The molecule has 0 unspecified atom stereocenters. The number of aromatic nitrogens is 5. The molecule has 3 heterocycles. The van der Waals surface area contributed by atoms with Gasteiger partial charge in [-0.05, 0) is 56.9 Å². The molecule has 1 saturated heterocycles. The Bertz CT molecular complexity index is 1570. The lowest BCUT2D eigenvalue weighted by molar-refractivity contribution is 0.0332. The van der Waals surface area contributed by atoms with E-state index in [1.807, 2.05) is 6.92 Å². The van der Waals surface area contributed by atoms with Crippen molar-refractivity contribution in [1.82, 2.24) is 35.6 Å². The smallest absolute Gasteiger partial charge is 0.293 e. The number of carbonyl (C=O) groups is 1. The minimum atomic E-state index is -0.593. The van der Waals surface area contributed by atoms with Gasteiger partial charge in [-0.3, -0.25) is 9.69 Å². The number of hydrogen-bond acceptors (Lipinski definition) is 12. The number of morpholine rings is 1. The molecule has 3 N–H and O–H groups in total. The van der Waals surface area contributed by atoms with E-state index in [1.165, 1.54) is 17.0 Å². The van der Waals surface area contributed by atoms with Crippen molar-refractivity contribution in [3.05, 3.63) is 69.2 Å². The first-order valence-corrected chi connectivity index (χ1v) is 13.7. The second-order valence-corrected chi connectivity index (χ2v) is 9.85. The molecule has 2 aromatic carbocycles. The third-order valence-corrected chi connectivity index (χ3v) is 6.78. The van der Waals surface area contributed by atoms with Crippen LogP contribution in [0.4, 0.5) is 10.2 Å². The van der Waals surface area contributed by atoms with Gasteiger partial charge in [0.1, 0.15) is 12.4 Å². The fraction of sp³-hybridized carbons (Fsp3) is 0.308. The lowest BCUT2D eigenvalue weighted by atomic mass is 10.2. The Labute approximate surface area is 247 Å². The molecule has 0 atom stereocenters. The van der Waals surface area contributed by atoms with Crippen molar-refractivity contribution in [3.8, 4) is 17.3 Å². The van der Waals surface area contributed by atoms with Gasteiger partial charge in [0.05, 0.1) is 36.2 Å². The van der Waals surface area contributed by atoms with Crippen LogP contribution >= 0.6 is 15.9 Å². The molecule has 14 nitrogen and oxygen atoms in total. The summed E-state index contributed by atoms with van der Waals surface area (Å²) in [6.07, 6.45) is 1.44. The van der Waals surface area contributed by atoms with Gasteiger partial charge < -0.3 is 19.9 Å². The molecule has 1 amide bonds. The van der Waals surface area contributed by atoms with E-state index in [2.05, 4.69) is 52.0 Å². The van der Waals surface area contributed by atoms with Crippen molar-refractivity contribution in [2.45, 2.75) is 20.1 Å². The Morgan fingerprint density at radius 1 is 1.24 bits per heavy atom. The SMILES string of the molecule is CCOc1cc(C=NNC(=O)c2nnn(-c3nonc3N)c2CN2CCOCC2)cc(Br)c1OCc1ccccc1F. The quantitative estimate of drug-likeness (QED) is 0.182. The van der Waals surface area contributed by atoms with E-state index < -0.39 is 5.91 Å². The number of amides is 1. The number of nitrogens with zero attached hydrogens (tertiary/aromatic N) is 7. The van der Waals surface area contributed by atoms with E-state index in [-0.39, 0.29) is 29.8 Å². The summed E-state index contributed by atoms with van der Waals surface area (Å²) in [6, 6.07) is 9.80. The highest BCUT2D eigenvalue weighted by Gasteiger charge is 2.26. The van der Waals surface area contributed by atoms with Crippen molar-refractivity contribution in [3.63, 3.8) is 0 Å². The highest BCUT2D eigenvalue weighted by molar-refractivity contribution is 9.10. The third-order valence-electron chi connectivity index (χ3n) is 6.19. The van der Waals surface area contributed by atoms with Crippen molar-refractivity contribution < 1.29 is 28.0 Å². The van der Waals surface area contributed by atoms with Gasteiger partial charge in [0, 0.05) is 25.2 Å². The number of rotatable bonds is 11. The summed E-state index contributed by atoms with van der Waals surface area (Å²) in [6.45, 7) is 4.99. The minimum absolute atomic E-state index is 0.00474. The Morgan fingerprint density at radius 2 is 2.05 bits per heavy atom. The molecule has 5 rings (SSSR count). The summed E-state index contributed by atoms with van der Waals surface area (Å²) in [4.78, 5) is 15.2. The number of halogens is 2. The summed E-state index contributed by atoms with van der Waals surface area (Å²) in [5, 5.41) is 19.6. The number of carbonyl (C=O) groups excluding carboxylic acids is 1. The zero-order valence-corrected chi connectivity index (χ0v) is 24.1. The molecule has 0 bridgehead atoms. The lowest BCUT2D eigenvalue weighted by Gasteiger charge is -2.26. The van der Waals surface area contributed by atoms with Gasteiger partial charge in [0.15, 0.2) is 17.2 Å². The largest absolute Gasteiger partial charge is 0.490 e. The van der Waals surface area contributed by atoms with Crippen molar-refractivity contribution in [2.75, 3.05) is 38.6 Å². The minimum Gasteiger partial charge on any atom is -0.490 e. The standard InChI is InChI=1S/C26H27BrFN9O5/c1-2-40-21-12-16(11-18(27)23(21)41-15-17-5-3-4-6-19(17)28)13-30-32-26(38)22-20(14-36-7-9-39-10-8-36)37(35-31-22)25-24(29)33-42-34-25/h3-6,11-13H,2,7-10,14-15H2,1H3,(H2,29,33)(H,32,38). The van der Waals surface area contributed by atoms with Crippen LogP contribution in [0.3, 0.4) is 0 Å². The van der Waals surface area contributed by atoms with Crippen molar-refractivity contribution in [1.29, 1.82) is 0 Å². The van der Waals surface area contributed by atoms with Gasteiger partial charge in [0.25, 0.3) is 5.91 Å². The summed E-state index contributed by atoms with van der Waals surface area (Å²) in [5.74, 6) is 0.00644. The number of hydrazone groups is 1. The summed E-state index contributed by atoms with van der Waals surface area (Å²) in [7, 11) is 0. The van der Waals surface area contributed by atoms with E-state index >= 15 is 0 Å². The van der Waals surface area contributed by atoms with Gasteiger partial charge in [-0.1, -0.05) is 23.4 Å². The zero-order valence-electron chi connectivity index (χ0n) is 22.5. The predicted molar refractivity (Wildman–Crippen MR) is 151 cm³/mol. The Kier molecular flexibility index (Phi) is 9.35. The molecule has 0 saturated carbocycles. The van der Waals surface area contributed by atoms with Crippen LogP contribution in [0, 0.1) is 5.82 Å². The molecule has 1 aliphatic rings. The molecule has 16 heteroatoms. The van der Waals surface area contributed by atoms with Gasteiger partial charge in [-0.15, -0.1) is 5.10 Å². The third kappa shape index (κ3) is 6.72. The topological polar surface area (TPSA) is 168 Å². The second-order valence-electron chi connectivity index (χ2n) is 9.00. The predicted octanol–water partition coefficient (Wildman–Crippen LogP) is 2.71. The van der Waals surface area contributed by atoms with Crippen LogP contribution in [0.5, 0.6) is 11.5 Å². The van der Waals surface area contributed by atoms with Gasteiger partial charge in [-0.2, -0.15) is 9.78 Å². The first-order valence-electron chi connectivity index (χ1n) is 12.9. The highest BCUT2D eigenvalue weighted by Crippen LogP contribution is 2.37. The number of benzene rings is 2. The van der Waals surface area contributed by atoms with Crippen LogP contribution in [-0.2, 0) is 17.9 Å². The molecule has 4 aromatic rings. The molecule has 220 valence electrons. The van der Waals surface area contributed by atoms with E-state index in [1.54, 1.807) is 30.3 Å². The van der Waals surface area contributed by atoms with E-state index in [0.717, 1.165) is 0 Å². The normalized spacial score (nSPS) is 13.9. The van der Waals surface area contributed by atoms with Crippen LogP contribution in [0.2, 0.25) is 0 Å². The fourth-order valence-electron chi connectivity index (χ4n) is 4.15. The van der Waals surface area contributed by atoms with Crippen molar-refractivity contribution >= 4 is 33.9 Å². The number of nitrogens with two attached hydrogens (primary N) is 1. The first-order chi connectivity index (χ1) is 20.4. The van der Waals surface area contributed by atoms with Crippen LogP contribution in [0.1, 0.15) is 34.2 Å². The summed E-state index contributed by atoms with van der Waals surface area (Å²) < 4.78 is 37.7. The maximum atomic E-state index is 14.1. The Morgan fingerprint density at radius 3 is 2.79 bits per heavy atom. The van der Waals surface area contributed by atoms with Gasteiger partial charge in [-0.25, -0.2) is 14.4 Å². The van der Waals surface area contributed by atoms with Crippen molar-refractivity contribution in [2.24, 2.45) is 5.10 Å². The molecule has 1 fully saturated rings. The highest BCUT2D eigenvalue weighted by atomic mass is 79.9. The molecular formula is C26H27BrFN9O5. The zero-order chi connectivity index (χ0) is 29.5. The second kappa shape index (κ2) is 13.5. The van der Waals surface area contributed by atoms with Crippen LogP contribution in [-0.4, -0.2) is 75.2 Å². The van der Waals surface area contributed by atoms with Crippen LogP contribution in [0.15, 0.2) is 50.6 Å². The molecule has 2 aromatic heterocycles. The summed E-state index contributed by atoms with van der Waals surface area (Å²) in [5.41, 5.74) is 9.83. The first kappa shape index (κ1) is 29.1. The monoisotopic (exact) mass is 643 g/mol. The number of hydrogen-bond donors (Lipinski definition) is 2. The lowest BCUT2D eigenvalue weighted by Crippen LogP contribution is -2.37. The average Bonchev–Trinajstić information content (AvgIpc) is 3.59. The Hall–Kier alpha value is -4.41.